The van der Waals surface area contributed by atoms with Gasteiger partial charge < -0.3 is 14.9 Å². The van der Waals surface area contributed by atoms with Crippen molar-refractivity contribution in [1.29, 1.82) is 0 Å². The third-order valence-electron chi connectivity index (χ3n) is 2.36. The summed E-state index contributed by atoms with van der Waals surface area (Å²) in [5.41, 5.74) is -1.27. The molecular formula is C8H15NO4. The summed E-state index contributed by atoms with van der Waals surface area (Å²) in [5.74, 6) is 0. The number of carbonyl (C=O) groups is 1. The molecule has 1 rings (SSSR count). The van der Waals surface area contributed by atoms with E-state index >= 15 is 0 Å². The van der Waals surface area contributed by atoms with Gasteiger partial charge in [0.15, 0.2) is 6.23 Å². The van der Waals surface area contributed by atoms with Gasteiger partial charge in [0.25, 0.3) is 0 Å². The molecule has 0 saturated carbocycles. The van der Waals surface area contributed by atoms with E-state index in [2.05, 4.69) is 4.74 Å². The number of nitrogens with zero attached hydrogens (tertiary/aromatic N) is 1. The van der Waals surface area contributed by atoms with Crippen LogP contribution in [0.2, 0.25) is 0 Å². The van der Waals surface area contributed by atoms with Gasteiger partial charge in [-0.05, 0) is 13.3 Å². The summed E-state index contributed by atoms with van der Waals surface area (Å²) < 4.78 is 4.64. The number of carbonyl (C=O) groups excluding carboxylic acids is 1. The second-order valence-electron chi connectivity index (χ2n) is 3.39. The first-order valence-electron chi connectivity index (χ1n) is 4.33. The highest BCUT2D eigenvalue weighted by molar-refractivity contribution is 5.69. The van der Waals surface area contributed by atoms with E-state index in [0.29, 0.717) is 13.0 Å². The summed E-state index contributed by atoms with van der Waals surface area (Å²) in [6.07, 6.45) is -1.38. The zero-order chi connectivity index (χ0) is 10.1. The molecule has 76 valence electrons. The van der Waals surface area contributed by atoms with Crippen LogP contribution < -0.4 is 0 Å². The van der Waals surface area contributed by atoms with Crippen LogP contribution in [0.1, 0.15) is 20.3 Å². The van der Waals surface area contributed by atoms with Gasteiger partial charge in [-0.15, -0.1) is 0 Å². The maximum Gasteiger partial charge on any atom is 0.412 e. The highest BCUT2D eigenvalue weighted by Crippen LogP contribution is 2.20. The molecule has 0 bridgehead atoms. The van der Waals surface area contributed by atoms with Crippen LogP contribution in [0.3, 0.4) is 0 Å². The molecule has 13 heavy (non-hydrogen) atoms. The summed E-state index contributed by atoms with van der Waals surface area (Å²) in [5, 5.41) is 19.3. The van der Waals surface area contributed by atoms with Crippen molar-refractivity contribution in [3.8, 4) is 0 Å². The average molecular weight is 189 g/mol. The van der Waals surface area contributed by atoms with E-state index < -0.39 is 17.9 Å². The predicted molar refractivity (Wildman–Crippen MR) is 45.0 cm³/mol. The molecule has 2 unspecified atom stereocenters. The van der Waals surface area contributed by atoms with Gasteiger partial charge in [-0.2, -0.15) is 0 Å². The van der Waals surface area contributed by atoms with Crippen molar-refractivity contribution >= 4 is 6.09 Å². The number of amides is 1. The lowest BCUT2D eigenvalue weighted by Crippen LogP contribution is -2.51. The summed E-state index contributed by atoms with van der Waals surface area (Å²) >= 11 is 0. The molecule has 0 aromatic carbocycles. The Balaban J connectivity index is 2.66. The molecule has 2 atom stereocenters. The van der Waals surface area contributed by atoms with Crippen molar-refractivity contribution in [3.63, 3.8) is 0 Å². The van der Waals surface area contributed by atoms with E-state index in [1.54, 1.807) is 6.92 Å². The lowest BCUT2D eigenvalue weighted by atomic mass is 10.0. The first-order valence-corrected chi connectivity index (χ1v) is 4.33. The van der Waals surface area contributed by atoms with Crippen LogP contribution in [0.5, 0.6) is 0 Å². The topological polar surface area (TPSA) is 70.0 Å². The first kappa shape index (κ1) is 10.3. The van der Waals surface area contributed by atoms with Crippen LogP contribution in [0.4, 0.5) is 4.79 Å². The Kier molecular flexibility index (Phi) is 2.77. The van der Waals surface area contributed by atoms with Crippen LogP contribution in [0, 0.1) is 0 Å². The van der Waals surface area contributed by atoms with Crippen molar-refractivity contribution in [2.75, 3.05) is 13.2 Å². The maximum atomic E-state index is 11.0. The van der Waals surface area contributed by atoms with Gasteiger partial charge in [-0.1, -0.05) is 6.92 Å². The zero-order valence-corrected chi connectivity index (χ0v) is 7.86. The van der Waals surface area contributed by atoms with E-state index in [1.165, 1.54) is 6.92 Å². The largest absolute Gasteiger partial charge is 0.447 e. The fourth-order valence-corrected chi connectivity index (χ4v) is 1.15. The molecular weight excluding hydrogens is 174 g/mol. The van der Waals surface area contributed by atoms with Crippen LogP contribution in [-0.2, 0) is 4.74 Å². The maximum absolute atomic E-state index is 11.0. The molecule has 5 nitrogen and oxygen atoms in total. The van der Waals surface area contributed by atoms with Crippen molar-refractivity contribution in [3.05, 3.63) is 0 Å². The third-order valence-corrected chi connectivity index (χ3v) is 2.36. The molecule has 5 heteroatoms. The van der Waals surface area contributed by atoms with Crippen LogP contribution in [-0.4, -0.2) is 46.2 Å². The number of hydrogen-bond donors (Lipinski definition) is 2. The summed E-state index contributed by atoms with van der Waals surface area (Å²) in [6.45, 7) is 3.83. The zero-order valence-electron chi connectivity index (χ0n) is 7.86. The number of ether oxygens (including phenoxy) is 1. The normalized spacial score (nSPS) is 24.0. The van der Waals surface area contributed by atoms with Gasteiger partial charge >= 0.3 is 6.09 Å². The molecule has 2 N–H and O–H groups in total. The van der Waals surface area contributed by atoms with Crippen LogP contribution >= 0.6 is 0 Å². The number of aliphatic hydroxyl groups is 2. The number of rotatable bonds is 3. The van der Waals surface area contributed by atoms with Crippen molar-refractivity contribution in [2.24, 2.45) is 0 Å². The fraction of sp³-hybridized carbons (Fsp3) is 0.875. The van der Waals surface area contributed by atoms with E-state index in [0.717, 1.165) is 4.90 Å². The van der Waals surface area contributed by atoms with Crippen molar-refractivity contribution in [2.45, 2.75) is 32.1 Å². The lowest BCUT2D eigenvalue weighted by molar-refractivity contribution is -0.121. The molecule has 1 aliphatic rings. The van der Waals surface area contributed by atoms with Crippen LogP contribution in [0.15, 0.2) is 0 Å². The summed E-state index contributed by atoms with van der Waals surface area (Å²) in [4.78, 5) is 12.1. The molecule has 1 saturated heterocycles. The second-order valence-corrected chi connectivity index (χ2v) is 3.39. The van der Waals surface area contributed by atoms with E-state index in [4.69, 9.17) is 0 Å². The van der Waals surface area contributed by atoms with Gasteiger partial charge in [0, 0.05) is 0 Å². The molecule has 1 amide bonds. The highest BCUT2D eigenvalue weighted by Gasteiger charge is 2.38. The second kappa shape index (κ2) is 3.51. The molecule has 0 aromatic heterocycles. The number of aliphatic hydroxyl groups excluding tert-OH is 1. The summed E-state index contributed by atoms with van der Waals surface area (Å²) in [7, 11) is 0. The third kappa shape index (κ3) is 1.92. The smallest absolute Gasteiger partial charge is 0.412 e. The predicted octanol–water partition coefficient (Wildman–Crippen LogP) is -0.0820. The Morgan fingerprint density at radius 3 is 2.77 bits per heavy atom. The van der Waals surface area contributed by atoms with E-state index in [9.17, 15) is 15.0 Å². The van der Waals surface area contributed by atoms with Crippen LogP contribution in [0.25, 0.3) is 0 Å². The molecule has 0 aliphatic carbocycles. The molecule has 0 aromatic rings. The Hall–Kier alpha value is -0.810. The SMILES string of the molecule is CCC(C)(O)C(O)N1CCOC1=O. The molecule has 1 fully saturated rings. The Morgan fingerprint density at radius 1 is 1.77 bits per heavy atom. The van der Waals surface area contributed by atoms with Crippen molar-refractivity contribution < 1.29 is 19.7 Å². The quantitative estimate of drug-likeness (QED) is 0.651. The molecule has 1 heterocycles. The van der Waals surface area contributed by atoms with E-state index in [1.807, 2.05) is 0 Å². The Labute approximate surface area is 76.9 Å². The average Bonchev–Trinajstić information content (AvgIpc) is 2.50. The fourth-order valence-electron chi connectivity index (χ4n) is 1.15. The standard InChI is InChI=1S/C8H15NO4/c1-3-8(2,12)6(10)9-4-5-13-7(9)11/h6,10,12H,3-5H2,1-2H3. The summed E-state index contributed by atoms with van der Waals surface area (Å²) in [6, 6.07) is 0. The molecule has 0 radical (unpaired) electrons. The minimum Gasteiger partial charge on any atom is -0.447 e. The Morgan fingerprint density at radius 2 is 2.38 bits per heavy atom. The highest BCUT2D eigenvalue weighted by atomic mass is 16.6. The van der Waals surface area contributed by atoms with Gasteiger partial charge in [-0.3, -0.25) is 4.90 Å². The van der Waals surface area contributed by atoms with Crippen molar-refractivity contribution in [1.82, 2.24) is 4.90 Å². The minimum atomic E-state index is -1.27. The molecule has 1 aliphatic heterocycles. The monoisotopic (exact) mass is 189 g/mol. The Bertz CT molecular complexity index is 204. The first-order chi connectivity index (χ1) is 5.99. The van der Waals surface area contributed by atoms with Gasteiger partial charge in [-0.25, -0.2) is 4.79 Å². The number of cyclic esters (lactones) is 1. The van der Waals surface area contributed by atoms with E-state index in [-0.39, 0.29) is 6.61 Å². The van der Waals surface area contributed by atoms with Gasteiger partial charge in [0.2, 0.25) is 0 Å². The van der Waals surface area contributed by atoms with Gasteiger partial charge in [0.1, 0.15) is 12.2 Å². The number of hydrogen-bond acceptors (Lipinski definition) is 4. The lowest BCUT2D eigenvalue weighted by Gasteiger charge is -2.32. The van der Waals surface area contributed by atoms with Gasteiger partial charge in [0.05, 0.1) is 6.54 Å². The minimum absolute atomic E-state index is 0.273. The molecule has 0 spiro atoms.